The van der Waals surface area contributed by atoms with E-state index in [1.807, 2.05) is 17.7 Å². The van der Waals surface area contributed by atoms with Crippen LogP contribution < -0.4 is 21.2 Å². The van der Waals surface area contributed by atoms with E-state index in [0.717, 1.165) is 0 Å². The molecule has 0 aliphatic carbocycles. The number of carbonyl (C=O) groups is 1. The zero-order chi connectivity index (χ0) is 20.7. The van der Waals surface area contributed by atoms with Crippen LogP contribution in [0.3, 0.4) is 0 Å². The van der Waals surface area contributed by atoms with Crippen molar-refractivity contribution in [1.29, 1.82) is 0 Å². The van der Waals surface area contributed by atoms with E-state index in [1.165, 1.54) is 6.20 Å². The molecule has 4 rings (SSSR count). The Morgan fingerprint density at radius 2 is 2.31 bits per heavy atom. The number of nitrogens with two attached hydrogens (primary N) is 1. The molecule has 0 unspecified atom stereocenters. The lowest BCUT2D eigenvalue weighted by Crippen LogP contribution is -2.28. The molecule has 4 N–H and O–H groups in total. The van der Waals surface area contributed by atoms with Gasteiger partial charge in [-0.25, -0.2) is 14.2 Å². The first-order valence-electron chi connectivity index (χ1n) is 9.15. The van der Waals surface area contributed by atoms with Gasteiger partial charge in [-0.15, -0.1) is 0 Å². The SMILES string of the molecule is C[C@@H]1COc2c(NCCCn3ccnc3)c(F)c(N)c3c(=O)c(C(=O)O)cn1c23. The van der Waals surface area contributed by atoms with Gasteiger partial charge in [0, 0.05) is 31.7 Å². The number of carboxylic acids is 1. The maximum atomic E-state index is 15.1. The Morgan fingerprint density at radius 3 is 3.00 bits per heavy atom. The number of hydrogen-bond donors (Lipinski definition) is 3. The number of ether oxygens (including phenoxy) is 1. The lowest BCUT2D eigenvalue weighted by atomic mass is 10.0. The van der Waals surface area contributed by atoms with E-state index in [9.17, 15) is 14.7 Å². The Bertz CT molecular complexity index is 1160. The zero-order valence-corrected chi connectivity index (χ0v) is 15.7. The van der Waals surface area contributed by atoms with Crippen LogP contribution in [0.2, 0.25) is 0 Å². The number of aryl methyl sites for hydroxylation is 1. The van der Waals surface area contributed by atoms with Crippen molar-refractivity contribution in [3.8, 4) is 5.75 Å². The average molecular weight is 401 g/mol. The zero-order valence-electron chi connectivity index (χ0n) is 15.7. The second-order valence-corrected chi connectivity index (χ2v) is 6.98. The quantitative estimate of drug-likeness (QED) is 0.427. The van der Waals surface area contributed by atoms with Gasteiger partial charge < -0.3 is 30.0 Å². The molecule has 1 aliphatic rings. The van der Waals surface area contributed by atoms with Crippen molar-refractivity contribution in [2.75, 3.05) is 24.2 Å². The van der Waals surface area contributed by atoms with E-state index >= 15 is 4.39 Å². The third-order valence-corrected chi connectivity index (χ3v) is 5.03. The van der Waals surface area contributed by atoms with Crippen molar-refractivity contribution in [1.82, 2.24) is 14.1 Å². The predicted octanol–water partition coefficient (Wildman–Crippen LogP) is 2.07. The number of hydrogen-bond acceptors (Lipinski definition) is 6. The van der Waals surface area contributed by atoms with Crippen LogP contribution in [0.5, 0.6) is 5.75 Å². The molecule has 1 aliphatic heterocycles. The van der Waals surface area contributed by atoms with Crippen LogP contribution in [0.25, 0.3) is 10.9 Å². The molecule has 2 aromatic heterocycles. The van der Waals surface area contributed by atoms with E-state index < -0.39 is 22.8 Å². The van der Waals surface area contributed by atoms with Crippen LogP contribution in [0.4, 0.5) is 15.8 Å². The molecule has 3 aromatic rings. The number of pyridine rings is 1. The Balaban J connectivity index is 1.79. The number of imidazole rings is 1. The van der Waals surface area contributed by atoms with Gasteiger partial charge in [-0.05, 0) is 13.3 Å². The van der Waals surface area contributed by atoms with Gasteiger partial charge in [-0.3, -0.25) is 4.79 Å². The summed E-state index contributed by atoms with van der Waals surface area (Å²) in [5.74, 6) is -2.04. The number of rotatable bonds is 6. The number of benzene rings is 1. The van der Waals surface area contributed by atoms with Gasteiger partial charge >= 0.3 is 5.97 Å². The number of nitrogens with one attached hydrogen (secondary N) is 1. The lowest BCUT2D eigenvalue weighted by Gasteiger charge is -2.29. The molecule has 3 heterocycles. The Labute approximate surface area is 164 Å². The highest BCUT2D eigenvalue weighted by Gasteiger charge is 2.30. The maximum absolute atomic E-state index is 15.1. The van der Waals surface area contributed by atoms with Gasteiger partial charge in [0.05, 0.1) is 29.0 Å². The second-order valence-electron chi connectivity index (χ2n) is 6.98. The Kier molecular flexibility index (Phi) is 4.61. The minimum Gasteiger partial charge on any atom is -0.487 e. The first-order valence-corrected chi connectivity index (χ1v) is 9.15. The molecule has 0 bridgehead atoms. The monoisotopic (exact) mass is 401 g/mol. The van der Waals surface area contributed by atoms with Crippen molar-refractivity contribution in [3.63, 3.8) is 0 Å². The molecular formula is C19H20FN5O4. The highest BCUT2D eigenvalue weighted by Crippen LogP contribution is 2.43. The minimum atomic E-state index is -1.39. The summed E-state index contributed by atoms with van der Waals surface area (Å²) < 4.78 is 24.3. The van der Waals surface area contributed by atoms with Crippen molar-refractivity contribution < 1.29 is 19.0 Å². The molecular weight excluding hydrogens is 381 g/mol. The van der Waals surface area contributed by atoms with E-state index in [4.69, 9.17) is 10.5 Å². The van der Waals surface area contributed by atoms with Crippen LogP contribution in [0.15, 0.2) is 29.7 Å². The number of carboxylic acid groups (broad SMARTS) is 1. The van der Waals surface area contributed by atoms with Crippen LogP contribution >= 0.6 is 0 Å². The van der Waals surface area contributed by atoms with Gasteiger partial charge in [0.1, 0.15) is 17.9 Å². The smallest absolute Gasteiger partial charge is 0.341 e. The van der Waals surface area contributed by atoms with Crippen molar-refractivity contribution in [3.05, 3.63) is 46.5 Å². The second kappa shape index (κ2) is 7.12. The molecule has 0 saturated carbocycles. The topological polar surface area (TPSA) is 124 Å². The van der Waals surface area contributed by atoms with Crippen LogP contribution in [-0.2, 0) is 6.54 Å². The maximum Gasteiger partial charge on any atom is 0.341 e. The summed E-state index contributed by atoms with van der Waals surface area (Å²) in [7, 11) is 0. The lowest BCUT2D eigenvalue weighted by molar-refractivity contribution is 0.0694. The Hall–Kier alpha value is -3.56. The van der Waals surface area contributed by atoms with Crippen molar-refractivity contribution in [2.45, 2.75) is 25.9 Å². The third-order valence-electron chi connectivity index (χ3n) is 5.03. The third kappa shape index (κ3) is 3.06. The summed E-state index contributed by atoms with van der Waals surface area (Å²) in [6.07, 6.45) is 7.17. The number of anilines is 2. The normalized spacial score (nSPS) is 15.3. The van der Waals surface area contributed by atoms with Gasteiger partial charge in [0.15, 0.2) is 11.6 Å². The van der Waals surface area contributed by atoms with Gasteiger partial charge in [-0.2, -0.15) is 0 Å². The number of nitrogen functional groups attached to an aromatic ring is 1. The van der Waals surface area contributed by atoms with Crippen molar-refractivity contribution in [2.24, 2.45) is 0 Å². The largest absolute Gasteiger partial charge is 0.487 e. The molecule has 1 atom stereocenters. The molecule has 29 heavy (non-hydrogen) atoms. The van der Waals surface area contributed by atoms with Crippen LogP contribution in [0, 0.1) is 5.82 Å². The first-order chi connectivity index (χ1) is 13.9. The molecule has 10 heteroatoms. The standard InChI is InChI=1S/C19H20FN5O4/c1-10-8-29-18-15(23-3-2-5-24-6-4-22-9-24)13(20)14(21)12-16(18)25(10)7-11(17(12)26)19(27)28/h4,6-7,9-10,23H,2-3,5,8,21H2,1H3,(H,27,28)/t10-/m1/s1. The van der Waals surface area contributed by atoms with Crippen LogP contribution in [-0.4, -0.2) is 38.3 Å². The fourth-order valence-electron chi connectivity index (χ4n) is 3.55. The van der Waals surface area contributed by atoms with Gasteiger partial charge in [0.25, 0.3) is 0 Å². The fourth-order valence-corrected chi connectivity index (χ4v) is 3.55. The van der Waals surface area contributed by atoms with E-state index in [-0.39, 0.29) is 35.2 Å². The molecule has 0 saturated heterocycles. The highest BCUT2D eigenvalue weighted by atomic mass is 19.1. The first kappa shape index (κ1) is 18.8. The molecule has 0 spiro atoms. The average Bonchev–Trinajstić information content (AvgIpc) is 3.20. The molecule has 1 aromatic carbocycles. The summed E-state index contributed by atoms with van der Waals surface area (Å²) in [6.45, 7) is 3.15. The number of nitrogens with zero attached hydrogens (tertiary/aromatic N) is 3. The fraction of sp³-hybridized carbons (Fsp3) is 0.316. The molecule has 9 nitrogen and oxygen atoms in total. The van der Waals surface area contributed by atoms with Gasteiger partial charge in [-0.1, -0.05) is 0 Å². The van der Waals surface area contributed by atoms with E-state index in [2.05, 4.69) is 10.3 Å². The Morgan fingerprint density at radius 1 is 1.52 bits per heavy atom. The molecule has 0 fully saturated rings. The highest BCUT2D eigenvalue weighted by molar-refractivity contribution is 6.03. The van der Waals surface area contributed by atoms with E-state index in [1.54, 1.807) is 17.1 Å². The summed E-state index contributed by atoms with van der Waals surface area (Å²) in [5, 5.41) is 12.2. The summed E-state index contributed by atoms with van der Waals surface area (Å²) >= 11 is 0. The molecule has 152 valence electrons. The number of aromatic carboxylic acids is 1. The molecule has 0 amide bonds. The van der Waals surface area contributed by atoms with Gasteiger partial charge in [0.2, 0.25) is 5.43 Å². The predicted molar refractivity (Wildman–Crippen MR) is 105 cm³/mol. The minimum absolute atomic E-state index is 0.0729. The summed E-state index contributed by atoms with van der Waals surface area (Å²) in [6, 6.07) is -0.248. The van der Waals surface area contributed by atoms with Crippen molar-refractivity contribution >= 4 is 28.2 Å². The summed E-state index contributed by atoms with van der Waals surface area (Å²) in [5.41, 5.74) is 4.65. The number of aromatic nitrogens is 3. The van der Waals surface area contributed by atoms with E-state index in [0.29, 0.717) is 25.0 Å². The summed E-state index contributed by atoms with van der Waals surface area (Å²) in [4.78, 5) is 28.1. The van der Waals surface area contributed by atoms with Crippen LogP contribution in [0.1, 0.15) is 29.7 Å². The number of halogens is 1. The molecule has 0 radical (unpaired) electrons.